The number of hydrogen-bond acceptors (Lipinski definition) is 3. The van der Waals surface area contributed by atoms with Gasteiger partial charge in [0.15, 0.2) is 0 Å². The van der Waals surface area contributed by atoms with Crippen LogP contribution in [0.4, 0.5) is 0 Å². The Kier molecular flexibility index (Phi) is 5.87. The van der Waals surface area contributed by atoms with Gasteiger partial charge >= 0.3 is 0 Å². The van der Waals surface area contributed by atoms with E-state index in [9.17, 15) is 10.2 Å². The normalized spacial score (nSPS) is 14.9. The first kappa shape index (κ1) is 18.9. The van der Waals surface area contributed by atoms with Crippen molar-refractivity contribution in [3.8, 4) is 22.8 Å². The van der Waals surface area contributed by atoms with Crippen LogP contribution in [0.1, 0.15) is 38.5 Å². The highest BCUT2D eigenvalue weighted by molar-refractivity contribution is 5.88. The van der Waals surface area contributed by atoms with Crippen LogP contribution in [0.2, 0.25) is 0 Å². The monoisotopic (exact) mass is 378 g/mol. The number of nitrogens with zero attached hydrogens (tertiary/aromatic N) is 2. The Labute approximate surface area is 167 Å². The number of rotatable bonds is 8. The number of benzene rings is 2. The minimum Gasteiger partial charge on any atom is -0.508 e. The maximum atomic E-state index is 9.85. The highest BCUT2D eigenvalue weighted by atomic mass is 16.3. The molecule has 0 amide bonds. The van der Waals surface area contributed by atoms with Gasteiger partial charge in [0, 0.05) is 23.1 Å². The molecular formula is C24H30N2O2. The Hall–Kier alpha value is -2.46. The van der Waals surface area contributed by atoms with Crippen LogP contribution in [0.5, 0.6) is 11.5 Å². The Bertz CT molecular complexity index is 908. The molecule has 3 aromatic rings. The van der Waals surface area contributed by atoms with E-state index in [1.807, 2.05) is 24.3 Å². The smallest absolute Gasteiger partial charge is 0.116 e. The molecule has 0 saturated carbocycles. The van der Waals surface area contributed by atoms with E-state index in [0.29, 0.717) is 5.75 Å². The van der Waals surface area contributed by atoms with E-state index >= 15 is 0 Å². The molecule has 2 heterocycles. The average Bonchev–Trinajstić information content (AvgIpc) is 3.33. The van der Waals surface area contributed by atoms with Crippen LogP contribution >= 0.6 is 0 Å². The molecule has 1 aliphatic heterocycles. The molecule has 1 aromatic heterocycles. The number of unbranched alkanes of at least 4 members (excludes halogenated alkanes) is 3. The summed E-state index contributed by atoms with van der Waals surface area (Å²) in [5, 5.41) is 20.5. The largest absolute Gasteiger partial charge is 0.508 e. The van der Waals surface area contributed by atoms with Crippen molar-refractivity contribution in [2.24, 2.45) is 0 Å². The van der Waals surface area contributed by atoms with Gasteiger partial charge in [-0.2, -0.15) is 0 Å². The number of hydrogen-bond donors (Lipinski definition) is 2. The summed E-state index contributed by atoms with van der Waals surface area (Å²) < 4.78 is 2.35. The summed E-state index contributed by atoms with van der Waals surface area (Å²) in [6, 6.07) is 15.1. The lowest BCUT2D eigenvalue weighted by atomic mass is 10.1. The van der Waals surface area contributed by atoms with E-state index in [-0.39, 0.29) is 5.75 Å². The number of fused-ring (bicyclic) bond motifs is 1. The summed E-state index contributed by atoms with van der Waals surface area (Å²) >= 11 is 0. The zero-order chi connectivity index (χ0) is 19.3. The van der Waals surface area contributed by atoms with Crippen LogP contribution in [0.15, 0.2) is 48.5 Å². The first-order valence-corrected chi connectivity index (χ1v) is 10.5. The second kappa shape index (κ2) is 8.70. The van der Waals surface area contributed by atoms with E-state index in [1.54, 1.807) is 18.2 Å². The van der Waals surface area contributed by atoms with Crippen molar-refractivity contribution in [1.82, 2.24) is 9.47 Å². The van der Waals surface area contributed by atoms with Crippen LogP contribution in [0, 0.1) is 0 Å². The minimum atomic E-state index is 0.280. The SMILES string of the molecule is Oc1ccc(-c2cc3cc(O)ccc3n2CCCCCCN2CCCC2)cc1. The highest BCUT2D eigenvalue weighted by Gasteiger charge is 2.12. The second-order valence-corrected chi connectivity index (χ2v) is 7.93. The number of aromatic hydroxyl groups is 2. The topological polar surface area (TPSA) is 48.6 Å². The van der Waals surface area contributed by atoms with Crippen molar-refractivity contribution in [2.75, 3.05) is 19.6 Å². The van der Waals surface area contributed by atoms with Crippen molar-refractivity contribution >= 4 is 10.9 Å². The number of aryl methyl sites for hydroxylation is 1. The number of aromatic nitrogens is 1. The highest BCUT2D eigenvalue weighted by Crippen LogP contribution is 2.31. The molecule has 0 atom stereocenters. The van der Waals surface area contributed by atoms with Crippen molar-refractivity contribution < 1.29 is 10.2 Å². The van der Waals surface area contributed by atoms with E-state index in [0.717, 1.165) is 35.1 Å². The van der Waals surface area contributed by atoms with Gasteiger partial charge in [-0.05, 0) is 99.4 Å². The molecule has 28 heavy (non-hydrogen) atoms. The Morgan fingerprint density at radius 2 is 1.39 bits per heavy atom. The lowest BCUT2D eigenvalue weighted by molar-refractivity contribution is 0.327. The first-order valence-electron chi connectivity index (χ1n) is 10.5. The molecule has 4 heteroatoms. The van der Waals surface area contributed by atoms with Gasteiger partial charge in [-0.15, -0.1) is 0 Å². The Morgan fingerprint density at radius 3 is 2.14 bits per heavy atom. The third-order valence-electron chi connectivity index (χ3n) is 5.85. The Balaban J connectivity index is 1.43. The third-order valence-corrected chi connectivity index (χ3v) is 5.85. The number of phenolic OH excluding ortho intramolecular Hbond substituents is 2. The van der Waals surface area contributed by atoms with E-state index in [1.165, 1.54) is 51.7 Å². The lowest BCUT2D eigenvalue weighted by Crippen LogP contribution is -2.20. The molecule has 0 aliphatic carbocycles. The van der Waals surface area contributed by atoms with Crippen LogP contribution in [-0.2, 0) is 6.54 Å². The predicted octanol–water partition coefficient (Wildman–Crippen LogP) is 5.38. The summed E-state index contributed by atoms with van der Waals surface area (Å²) in [4.78, 5) is 2.59. The lowest BCUT2D eigenvalue weighted by Gasteiger charge is -2.14. The summed E-state index contributed by atoms with van der Waals surface area (Å²) in [5.74, 6) is 0.575. The van der Waals surface area contributed by atoms with Gasteiger partial charge in [0.1, 0.15) is 11.5 Å². The fourth-order valence-corrected chi connectivity index (χ4v) is 4.34. The third kappa shape index (κ3) is 4.33. The van der Waals surface area contributed by atoms with Gasteiger partial charge in [-0.1, -0.05) is 12.8 Å². The van der Waals surface area contributed by atoms with Gasteiger partial charge in [-0.3, -0.25) is 0 Å². The van der Waals surface area contributed by atoms with Crippen LogP contribution < -0.4 is 0 Å². The maximum Gasteiger partial charge on any atom is 0.116 e. The summed E-state index contributed by atoms with van der Waals surface area (Å²) in [6.07, 6.45) is 7.71. The van der Waals surface area contributed by atoms with Gasteiger partial charge < -0.3 is 19.7 Å². The summed E-state index contributed by atoms with van der Waals surface area (Å²) in [7, 11) is 0. The molecule has 0 unspecified atom stereocenters. The summed E-state index contributed by atoms with van der Waals surface area (Å²) in [5.41, 5.74) is 3.37. The van der Waals surface area contributed by atoms with Crippen molar-refractivity contribution in [3.63, 3.8) is 0 Å². The first-order chi connectivity index (χ1) is 13.7. The standard InChI is InChI=1S/C24H30N2O2/c27-21-9-7-19(8-10-21)24-18-20-17-22(28)11-12-23(20)26(24)16-4-2-1-3-13-25-14-5-6-15-25/h7-12,17-18,27-28H,1-6,13-16H2. The van der Waals surface area contributed by atoms with Crippen LogP contribution in [0.25, 0.3) is 22.2 Å². The zero-order valence-corrected chi connectivity index (χ0v) is 16.5. The maximum absolute atomic E-state index is 9.85. The quantitative estimate of drug-likeness (QED) is 0.518. The van der Waals surface area contributed by atoms with Crippen LogP contribution in [-0.4, -0.2) is 39.3 Å². The number of phenols is 2. The van der Waals surface area contributed by atoms with Crippen molar-refractivity contribution in [2.45, 2.75) is 45.1 Å². The molecular weight excluding hydrogens is 348 g/mol. The molecule has 2 N–H and O–H groups in total. The average molecular weight is 379 g/mol. The van der Waals surface area contributed by atoms with Crippen LogP contribution in [0.3, 0.4) is 0 Å². The van der Waals surface area contributed by atoms with E-state index < -0.39 is 0 Å². The van der Waals surface area contributed by atoms with E-state index in [2.05, 4.69) is 15.5 Å². The van der Waals surface area contributed by atoms with Gasteiger partial charge in [-0.25, -0.2) is 0 Å². The fraction of sp³-hybridized carbons (Fsp3) is 0.417. The van der Waals surface area contributed by atoms with Gasteiger partial charge in [0.2, 0.25) is 0 Å². The molecule has 1 fully saturated rings. The zero-order valence-electron chi connectivity index (χ0n) is 16.5. The molecule has 1 aliphatic rings. The molecule has 0 radical (unpaired) electrons. The number of likely N-dealkylation sites (tertiary alicyclic amines) is 1. The molecule has 2 aromatic carbocycles. The molecule has 4 nitrogen and oxygen atoms in total. The Morgan fingerprint density at radius 1 is 0.714 bits per heavy atom. The molecule has 0 spiro atoms. The minimum absolute atomic E-state index is 0.280. The van der Waals surface area contributed by atoms with Crippen molar-refractivity contribution in [1.29, 1.82) is 0 Å². The predicted molar refractivity (Wildman–Crippen MR) is 115 cm³/mol. The van der Waals surface area contributed by atoms with Crippen molar-refractivity contribution in [3.05, 3.63) is 48.5 Å². The molecule has 0 bridgehead atoms. The summed E-state index contributed by atoms with van der Waals surface area (Å²) in [6.45, 7) is 4.80. The second-order valence-electron chi connectivity index (χ2n) is 7.93. The fourth-order valence-electron chi connectivity index (χ4n) is 4.34. The van der Waals surface area contributed by atoms with E-state index in [4.69, 9.17) is 0 Å². The molecule has 148 valence electrons. The van der Waals surface area contributed by atoms with Gasteiger partial charge in [0.25, 0.3) is 0 Å². The molecule has 1 saturated heterocycles. The molecule has 4 rings (SSSR count). The van der Waals surface area contributed by atoms with Gasteiger partial charge in [0.05, 0.1) is 0 Å².